The Morgan fingerprint density at radius 1 is 0.815 bits per heavy atom. The molecule has 2 aromatic rings. The summed E-state index contributed by atoms with van der Waals surface area (Å²) in [5.74, 6) is 2.60. The van der Waals surface area contributed by atoms with Crippen molar-refractivity contribution in [1.29, 1.82) is 0 Å². The molecule has 0 aromatic heterocycles. The van der Waals surface area contributed by atoms with E-state index in [1.54, 1.807) is 18.2 Å². The van der Waals surface area contributed by atoms with E-state index in [-0.39, 0.29) is 11.9 Å². The zero-order valence-electron chi connectivity index (χ0n) is 15.3. The molecule has 0 aliphatic carbocycles. The first kappa shape index (κ1) is 17.5. The minimum Gasteiger partial charge on any atom is -0.490 e. The third-order valence-corrected chi connectivity index (χ3v) is 4.63. The number of carbonyl (C=O) groups excluding carboxylic acids is 1. The maximum Gasteiger partial charge on any atom is 0.251 e. The molecule has 1 N–H and O–H groups in total. The highest BCUT2D eigenvalue weighted by atomic mass is 16.5. The van der Waals surface area contributed by atoms with Gasteiger partial charge in [0.25, 0.3) is 5.91 Å². The Bertz CT molecular complexity index is 835. The van der Waals surface area contributed by atoms with E-state index in [1.807, 2.05) is 25.1 Å². The van der Waals surface area contributed by atoms with Crippen LogP contribution in [0.25, 0.3) is 0 Å². The van der Waals surface area contributed by atoms with Gasteiger partial charge in [0, 0.05) is 18.4 Å². The molecular formula is C21H23NO5. The fraction of sp³-hybridized carbons (Fsp3) is 0.381. The van der Waals surface area contributed by atoms with Crippen LogP contribution in [0.3, 0.4) is 0 Å². The van der Waals surface area contributed by atoms with Crippen LogP contribution < -0.4 is 24.3 Å². The van der Waals surface area contributed by atoms with Crippen molar-refractivity contribution in [1.82, 2.24) is 5.32 Å². The van der Waals surface area contributed by atoms with Crippen molar-refractivity contribution in [2.45, 2.75) is 25.8 Å². The summed E-state index contributed by atoms with van der Waals surface area (Å²) < 4.78 is 22.7. The topological polar surface area (TPSA) is 66.0 Å². The fourth-order valence-corrected chi connectivity index (χ4v) is 3.12. The number of hydrogen-bond acceptors (Lipinski definition) is 5. The maximum atomic E-state index is 12.7. The van der Waals surface area contributed by atoms with Crippen LogP contribution in [0.4, 0.5) is 0 Å². The monoisotopic (exact) mass is 369 g/mol. The summed E-state index contributed by atoms with van der Waals surface area (Å²) in [6, 6.07) is 10.9. The highest BCUT2D eigenvalue weighted by Gasteiger charge is 2.18. The molecule has 6 heteroatoms. The van der Waals surface area contributed by atoms with Gasteiger partial charge in [-0.15, -0.1) is 0 Å². The van der Waals surface area contributed by atoms with Crippen molar-refractivity contribution in [3.63, 3.8) is 0 Å². The van der Waals surface area contributed by atoms with Crippen LogP contribution in [-0.2, 0) is 0 Å². The summed E-state index contributed by atoms with van der Waals surface area (Å²) >= 11 is 0. The number of rotatable bonds is 3. The summed E-state index contributed by atoms with van der Waals surface area (Å²) in [6.45, 7) is 4.45. The first-order chi connectivity index (χ1) is 13.2. The van der Waals surface area contributed by atoms with Crippen molar-refractivity contribution in [2.24, 2.45) is 0 Å². The van der Waals surface area contributed by atoms with Gasteiger partial charge in [-0.1, -0.05) is 6.07 Å². The number of benzene rings is 2. The van der Waals surface area contributed by atoms with E-state index >= 15 is 0 Å². The maximum absolute atomic E-state index is 12.7. The van der Waals surface area contributed by atoms with Gasteiger partial charge in [0.05, 0.1) is 32.5 Å². The molecule has 2 aliphatic rings. The standard InChI is InChI=1S/C21H23NO5/c1-14(15-4-6-17-19(12-15)26-10-2-8-24-17)22-21(23)16-5-7-18-20(13-16)27-11-3-9-25-18/h4-7,12-14H,2-3,8-11H2,1H3,(H,22,23)/t14-/m1/s1. The molecule has 2 heterocycles. The lowest BCUT2D eigenvalue weighted by Crippen LogP contribution is -2.26. The van der Waals surface area contributed by atoms with E-state index in [4.69, 9.17) is 18.9 Å². The second-order valence-electron chi connectivity index (χ2n) is 6.66. The van der Waals surface area contributed by atoms with E-state index < -0.39 is 0 Å². The van der Waals surface area contributed by atoms with Crippen LogP contribution in [0.5, 0.6) is 23.0 Å². The van der Waals surface area contributed by atoms with Gasteiger partial charge in [0.1, 0.15) is 0 Å². The molecule has 0 unspecified atom stereocenters. The Hall–Kier alpha value is -2.89. The smallest absolute Gasteiger partial charge is 0.251 e. The Morgan fingerprint density at radius 2 is 1.37 bits per heavy atom. The highest BCUT2D eigenvalue weighted by Crippen LogP contribution is 2.33. The number of hydrogen-bond donors (Lipinski definition) is 1. The largest absolute Gasteiger partial charge is 0.490 e. The van der Waals surface area contributed by atoms with E-state index in [0.29, 0.717) is 43.5 Å². The molecule has 2 aromatic carbocycles. The molecule has 2 aliphatic heterocycles. The van der Waals surface area contributed by atoms with Gasteiger partial charge in [0.15, 0.2) is 23.0 Å². The molecule has 0 saturated carbocycles. The normalized spacial score (nSPS) is 16.6. The molecule has 27 heavy (non-hydrogen) atoms. The lowest BCUT2D eigenvalue weighted by atomic mass is 10.1. The van der Waals surface area contributed by atoms with Gasteiger partial charge < -0.3 is 24.3 Å². The van der Waals surface area contributed by atoms with Gasteiger partial charge >= 0.3 is 0 Å². The molecule has 0 bridgehead atoms. The molecular weight excluding hydrogens is 346 g/mol. The minimum absolute atomic E-state index is 0.162. The number of amides is 1. The molecule has 4 rings (SSSR count). The highest BCUT2D eigenvalue weighted by molar-refractivity contribution is 5.95. The predicted molar refractivity (Wildman–Crippen MR) is 100.0 cm³/mol. The molecule has 142 valence electrons. The Morgan fingerprint density at radius 3 is 2.04 bits per heavy atom. The number of nitrogens with one attached hydrogen (secondary N) is 1. The lowest BCUT2D eigenvalue weighted by Gasteiger charge is -2.17. The van der Waals surface area contributed by atoms with Gasteiger partial charge in [-0.25, -0.2) is 0 Å². The second-order valence-corrected chi connectivity index (χ2v) is 6.66. The van der Waals surface area contributed by atoms with Gasteiger partial charge in [-0.05, 0) is 42.8 Å². The van der Waals surface area contributed by atoms with Crippen LogP contribution in [0.2, 0.25) is 0 Å². The van der Waals surface area contributed by atoms with E-state index in [2.05, 4.69) is 5.32 Å². The van der Waals surface area contributed by atoms with E-state index in [0.717, 1.165) is 29.9 Å². The van der Waals surface area contributed by atoms with Crippen LogP contribution in [0.15, 0.2) is 36.4 Å². The third kappa shape index (κ3) is 3.94. The molecule has 0 fully saturated rings. The van der Waals surface area contributed by atoms with E-state index in [1.165, 1.54) is 0 Å². The van der Waals surface area contributed by atoms with Crippen molar-refractivity contribution in [3.05, 3.63) is 47.5 Å². The Kier molecular flexibility index (Phi) is 5.05. The zero-order valence-corrected chi connectivity index (χ0v) is 15.3. The first-order valence-corrected chi connectivity index (χ1v) is 9.31. The number of carbonyl (C=O) groups is 1. The van der Waals surface area contributed by atoms with Crippen LogP contribution in [0, 0.1) is 0 Å². The summed E-state index contributed by atoms with van der Waals surface area (Å²) in [5.41, 5.74) is 1.50. The average molecular weight is 369 g/mol. The number of fused-ring (bicyclic) bond motifs is 2. The van der Waals surface area contributed by atoms with Gasteiger partial charge in [-0.2, -0.15) is 0 Å². The molecule has 0 spiro atoms. The summed E-state index contributed by atoms with van der Waals surface area (Å²) in [5, 5.41) is 3.03. The molecule has 0 radical (unpaired) electrons. The minimum atomic E-state index is -0.175. The first-order valence-electron chi connectivity index (χ1n) is 9.31. The van der Waals surface area contributed by atoms with Crippen LogP contribution >= 0.6 is 0 Å². The number of ether oxygens (including phenoxy) is 4. The Labute approximate surface area is 158 Å². The summed E-state index contributed by atoms with van der Waals surface area (Å²) in [4.78, 5) is 12.7. The fourth-order valence-electron chi connectivity index (χ4n) is 3.12. The van der Waals surface area contributed by atoms with Crippen molar-refractivity contribution in [2.75, 3.05) is 26.4 Å². The van der Waals surface area contributed by atoms with Crippen molar-refractivity contribution < 1.29 is 23.7 Å². The van der Waals surface area contributed by atoms with Crippen LogP contribution in [-0.4, -0.2) is 32.3 Å². The summed E-state index contributed by atoms with van der Waals surface area (Å²) in [7, 11) is 0. The van der Waals surface area contributed by atoms with Crippen molar-refractivity contribution in [3.8, 4) is 23.0 Å². The summed E-state index contributed by atoms with van der Waals surface area (Å²) in [6.07, 6.45) is 1.69. The molecule has 1 amide bonds. The Balaban J connectivity index is 1.48. The van der Waals surface area contributed by atoms with Gasteiger partial charge in [0.2, 0.25) is 0 Å². The molecule has 0 saturated heterocycles. The van der Waals surface area contributed by atoms with Crippen LogP contribution in [0.1, 0.15) is 41.7 Å². The zero-order chi connectivity index (χ0) is 18.6. The molecule has 1 atom stereocenters. The quantitative estimate of drug-likeness (QED) is 0.897. The average Bonchev–Trinajstić information content (AvgIpc) is 3.06. The molecule has 6 nitrogen and oxygen atoms in total. The third-order valence-electron chi connectivity index (χ3n) is 4.63. The second kappa shape index (κ2) is 7.78. The van der Waals surface area contributed by atoms with Gasteiger partial charge in [-0.3, -0.25) is 4.79 Å². The SMILES string of the molecule is C[C@@H](NC(=O)c1ccc2c(c1)OCCCO2)c1ccc2c(c1)OCCCO2. The lowest BCUT2D eigenvalue weighted by molar-refractivity contribution is 0.0939. The predicted octanol–water partition coefficient (Wildman–Crippen LogP) is 3.50. The van der Waals surface area contributed by atoms with Crippen molar-refractivity contribution >= 4 is 5.91 Å². The van der Waals surface area contributed by atoms with E-state index in [9.17, 15) is 4.79 Å².